The van der Waals surface area contributed by atoms with Crippen molar-refractivity contribution in [3.05, 3.63) is 204 Å². The zero-order chi connectivity index (χ0) is 43.4. The van der Waals surface area contributed by atoms with Gasteiger partial charge in [-0.15, -0.1) is 0 Å². The van der Waals surface area contributed by atoms with Crippen molar-refractivity contribution < 1.29 is 0 Å². The summed E-state index contributed by atoms with van der Waals surface area (Å²) in [5.74, 6) is 0.898. The molecule has 10 rings (SSSR count). The molecule has 320 valence electrons. The minimum atomic E-state index is 0.280. The van der Waals surface area contributed by atoms with Crippen molar-refractivity contribution in [3.63, 3.8) is 0 Å². The number of allylic oxidation sites excluding steroid dienone is 6. The van der Waals surface area contributed by atoms with Gasteiger partial charge in [-0.25, -0.2) is 0 Å². The van der Waals surface area contributed by atoms with Gasteiger partial charge < -0.3 is 4.57 Å². The zero-order valence-electron chi connectivity index (χ0n) is 37.8. The molecule has 7 aromatic rings. The summed E-state index contributed by atoms with van der Waals surface area (Å²) in [5, 5.41) is 6.52. The minimum absolute atomic E-state index is 0.280. The van der Waals surface area contributed by atoms with Gasteiger partial charge >= 0.3 is 0 Å². The Balaban J connectivity index is 0.919. The second-order valence-electron chi connectivity index (χ2n) is 18.5. The molecule has 0 bridgehead atoms. The summed E-state index contributed by atoms with van der Waals surface area (Å²) in [7, 11) is 2.32. The third-order valence-electron chi connectivity index (χ3n) is 13.8. The lowest BCUT2D eigenvalue weighted by atomic mass is 9.84. The van der Waals surface area contributed by atoms with E-state index in [0.29, 0.717) is 11.8 Å². The molecule has 0 fully saturated rings. The Hall–Kier alpha value is -6.26. The van der Waals surface area contributed by atoms with Gasteiger partial charge in [0.2, 0.25) is 0 Å². The summed E-state index contributed by atoms with van der Waals surface area (Å²) in [5.41, 5.74) is 18.1. The molecule has 1 heterocycles. The van der Waals surface area contributed by atoms with Crippen molar-refractivity contribution in [1.82, 2.24) is 14.8 Å². The average Bonchev–Trinajstić information content (AvgIpc) is 3.68. The van der Waals surface area contributed by atoms with Gasteiger partial charge in [-0.2, -0.15) is 0 Å². The number of hydrogen-bond donors (Lipinski definition) is 1. The van der Waals surface area contributed by atoms with Gasteiger partial charge in [-0.05, 0) is 155 Å². The Morgan fingerprint density at radius 2 is 1.41 bits per heavy atom. The topological polar surface area (TPSA) is 20.2 Å². The molecule has 2 atom stereocenters. The lowest BCUT2D eigenvalue weighted by molar-refractivity contribution is 0.212. The lowest BCUT2D eigenvalue weighted by Gasteiger charge is -2.35. The van der Waals surface area contributed by atoms with Crippen LogP contribution in [0, 0.1) is 5.92 Å². The number of benzene rings is 6. The van der Waals surface area contributed by atoms with Crippen LogP contribution >= 0.6 is 0 Å². The molecule has 6 aromatic carbocycles. The van der Waals surface area contributed by atoms with Crippen LogP contribution in [-0.4, -0.2) is 35.8 Å². The highest BCUT2D eigenvalue weighted by molar-refractivity contribution is 6.10. The highest BCUT2D eigenvalue weighted by Gasteiger charge is 2.24. The SMILES string of the molecule is CC(C)c1ccccc1-c1cccc(-c2ccc(-n3c4ccccc4c4cc(C5=CCC(CN(C)C(NCC6=CCCC=C6)C6=CCCCC6)C=C5)ccc43)cc2)c1-c1ccccc1. The summed E-state index contributed by atoms with van der Waals surface area (Å²) < 4.78 is 2.44. The van der Waals surface area contributed by atoms with Gasteiger partial charge in [0.15, 0.2) is 0 Å². The van der Waals surface area contributed by atoms with E-state index in [0.717, 1.165) is 38.0 Å². The number of likely N-dealkylation sites (N-methyl/N-ethyl adjacent to an activating group) is 1. The molecule has 3 aliphatic rings. The maximum absolute atomic E-state index is 3.96. The van der Waals surface area contributed by atoms with Crippen LogP contribution in [0.3, 0.4) is 0 Å². The van der Waals surface area contributed by atoms with Crippen molar-refractivity contribution in [2.75, 3.05) is 20.1 Å². The van der Waals surface area contributed by atoms with E-state index in [1.165, 1.54) is 103 Å². The van der Waals surface area contributed by atoms with Crippen LogP contribution in [0.5, 0.6) is 0 Å². The number of fused-ring (bicyclic) bond motifs is 3. The molecule has 2 unspecified atom stereocenters. The molecule has 3 aliphatic carbocycles. The fourth-order valence-electron chi connectivity index (χ4n) is 10.6. The van der Waals surface area contributed by atoms with Gasteiger partial charge in [0, 0.05) is 29.5 Å². The summed E-state index contributed by atoms with van der Waals surface area (Å²) in [6, 6.07) is 51.8. The summed E-state index contributed by atoms with van der Waals surface area (Å²) in [4.78, 5) is 2.57. The Morgan fingerprint density at radius 3 is 2.19 bits per heavy atom. The molecular weight excluding hydrogens is 775 g/mol. The van der Waals surface area contributed by atoms with Crippen LogP contribution in [0.4, 0.5) is 0 Å². The van der Waals surface area contributed by atoms with Crippen molar-refractivity contribution in [2.45, 2.75) is 70.9 Å². The van der Waals surface area contributed by atoms with Crippen LogP contribution in [0.1, 0.15) is 75.8 Å². The van der Waals surface area contributed by atoms with E-state index in [1.807, 2.05) is 0 Å². The Labute approximate surface area is 380 Å². The first-order valence-corrected chi connectivity index (χ1v) is 23.8. The fraction of sp³-hybridized carbons (Fsp3) is 0.246. The molecule has 64 heavy (non-hydrogen) atoms. The van der Waals surface area contributed by atoms with Gasteiger partial charge in [-0.3, -0.25) is 10.2 Å². The number of nitrogens with zero attached hydrogens (tertiary/aromatic N) is 2. The second kappa shape index (κ2) is 18.8. The first-order chi connectivity index (χ1) is 31.5. The summed E-state index contributed by atoms with van der Waals surface area (Å²) in [6.45, 7) is 6.53. The van der Waals surface area contributed by atoms with E-state index in [2.05, 4.69) is 218 Å². The molecule has 3 nitrogen and oxygen atoms in total. The Bertz CT molecular complexity index is 2930. The minimum Gasteiger partial charge on any atom is -0.309 e. The van der Waals surface area contributed by atoms with Crippen molar-refractivity contribution in [1.29, 1.82) is 0 Å². The smallest absolute Gasteiger partial charge is 0.0820 e. The van der Waals surface area contributed by atoms with Crippen molar-refractivity contribution in [3.8, 4) is 39.1 Å². The maximum atomic E-state index is 3.96. The normalized spacial score (nSPS) is 17.0. The fourth-order valence-corrected chi connectivity index (χ4v) is 10.6. The number of hydrogen-bond acceptors (Lipinski definition) is 2. The van der Waals surface area contributed by atoms with Gasteiger partial charge in [0.05, 0.1) is 17.2 Å². The van der Waals surface area contributed by atoms with Crippen molar-refractivity contribution in [2.24, 2.45) is 5.92 Å². The standard InChI is InChI=1S/C61H61N3/c1-43(2)52-24-13-14-25-54(52)56-28-17-27-53(60(56)48-20-9-5-10-21-48)47-34-37-51(38-35-47)64-58-29-16-15-26-55(58)57-40-50(36-39-59(57)64)46-32-30-45(31-33-46)42-63(3)61(49-22-11-6-12-23-49)62-41-44-18-7-4-8-19-44/h5,7,9-10,13-22,24-30,32-40,43,45,61-62H,4,6,8,11-12,23,31,41-42H2,1-3H3. The predicted molar refractivity (Wildman–Crippen MR) is 274 cm³/mol. The van der Waals surface area contributed by atoms with Gasteiger partial charge in [0.25, 0.3) is 0 Å². The average molecular weight is 836 g/mol. The molecular formula is C61H61N3. The third kappa shape index (κ3) is 8.55. The van der Waals surface area contributed by atoms with E-state index in [1.54, 1.807) is 5.57 Å². The second-order valence-corrected chi connectivity index (χ2v) is 18.5. The van der Waals surface area contributed by atoms with Crippen LogP contribution < -0.4 is 5.32 Å². The summed E-state index contributed by atoms with van der Waals surface area (Å²) >= 11 is 0. The molecule has 1 aromatic heterocycles. The van der Waals surface area contributed by atoms with Gasteiger partial charge in [0.1, 0.15) is 0 Å². The van der Waals surface area contributed by atoms with E-state index in [9.17, 15) is 0 Å². The molecule has 1 N–H and O–H groups in total. The predicted octanol–water partition coefficient (Wildman–Crippen LogP) is 15.5. The molecule has 0 saturated heterocycles. The third-order valence-corrected chi connectivity index (χ3v) is 13.8. The van der Waals surface area contributed by atoms with Crippen LogP contribution in [0.15, 0.2) is 193 Å². The molecule has 3 heteroatoms. The number of nitrogens with one attached hydrogen (secondary N) is 1. The van der Waals surface area contributed by atoms with E-state index in [4.69, 9.17) is 0 Å². The van der Waals surface area contributed by atoms with E-state index >= 15 is 0 Å². The monoisotopic (exact) mass is 835 g/mol. The number of aromatic nitrogens is 1. The quantitative estimate of drug-likeness (QED) is 0.0922. The molecule has 0 radical (unpaired) electrons. The van der Waals surface area contributed by atoms with Crippen molar-refractivity contribution >= 4 is 27.4 Å². The highest BCUT2D eigenvalue weighted by atomic mass is 15.2. The Kier molecular flexibility index (Phi) is 12.3. The van der Waals surface area contributed by atoms with Crippen LogP contribution in [0.2, 0.25) is 0 Å². The number of para-hydroxylation sites is 1. The largest absolute Gasteiger partial charge is 0.309 e. The first-order valence-electron chi connectivity index (χ1n) is 23.8. The molecule has 0 spiro atoms. The van der Waals surface area contributed by atoms with Gasteiger partial charge in [-0.1, -0.05) is 166 Å². The molecule has 0 saturated carbocycles. The van der Waals surface area contributed by atoms with E-state index in [-0.39, 0.29) is 6.17 Å². The van der Waals surface area contributed by atoms with E-state index < -0.39 is 0 Å². The molecule has 0 amide bonds. The lowest BCUT2D eigenvalue weighted by Crippen LogP contribution is -2.47. The van der Waals surface area contributed by atoms with Crippen LogP contribution in [-0.2, 0) is 0 Å². The highest BCUT2D eigenvalue weighted by Crippen LogP contribution is 2.43. The van der Waals surface area contributed by atoms with Crippen LogP contribution in [0.25, 0.3) is 66.4 Å². The number of rotatable bonds is 13. The zero-order valence-corrected chi connectivity index (χ0v) is 37.8. The molecule has 0 aliphatic heterocycles. The Morgan fingerprint density at radius 1 is 0.641 bits per heavy atom. The first kappa shape index (κ1) is 41.7. The maximum Gasteiger partial charge on any atom is 0.0820 e. The summed E-state index contributed by atoms with van der Waals surface area (Å²) in [6.07, 6.45) is 25.5.